The Morgan fingerprint density at radius 3 is 2.53 bits per heavy atom. The van der Waals surface area contributed by atoms with Crippen molar-refractivity contribution >= 4 is 21.4 Å². The van der Waals surface area contributed by atoms with E-state index in [1.165, 1.54) is 6.07 Å². The van der Waals surface area contributed by atoms with E-state index in [1.54, 1.807) is 0 Å². The van der Waals surface area contributed by atoms with Crippen LogP contribution in [0.25, 0.3) is 4.85 Å². The fourth-order valence-corrected chi connectivity index (χ4v) is 8.46. The van der Waals surface area contributed by atoms with Crippen LogP contribution in [0.5, 0.6) is 0 Å². The summed E-state index contributed by atoms with van der Waals surface area (Å²) in [5.41, 5.74) is -0.499. The van der Waals surface area contributed by atoms with Gasteiger partial charge >= 0.3 is 6.18 Å². The molecule has 0 aromatic heterocycles. The number of nitrogens with zero attached hydrogens (tertiary/aromatic N) is 2. The zero-order valence-corrected chi connectivity index (χ0v) is 17.9. The molecule has 9 heteroatoms. The van der Waals surface area contributed by atoms with E-state index in [0.717, 1.165) is 34.8 Å². The van der Waals surface area contributed by atoms with Gasteiger partial charge in [0.25, 0.3) is 0 Å². The third-order valence-corrected chi connectivity index (χ3v) is 9.59. The average Bonchev–Trinajstić information content (AvgIpc) is 3.42. The zero-order chi connectivity index (χ0) is 22.7. The Labute approximate surface area is 185 Å². The van der Waals surface area contributed by atoms with Gasteiger partial charge in [0, 0.05) is 24.8 Å². The van der Waals surface area contributed by atoms with Crippen molar-refractivity contribution in [3.05, 3.63) is 71.1 Å². The maximum absolute atomic E-state index is 13.5. The maximum Gasteiger partial charge on any atom is 0.407 e. The van der Waals surface area contributed by atoms with Crippen LogP contribution in [0.2, 0.25) is 0 Å². The smallest absolute Gasteiger partial charge is 0.310 e. The van der Waals surface area contributed by atoms with Gasteiger partial charge in [-0.25, -0.2) is 13.3 Å². The van der Waals surface area contributed by atoms with Crippen molar-refractivity contribution in [2.75, 3.05) is 10.8 Å². The van der Waals surface area contributed by atoms with E-state index in [2.05, 4.69) is 10.2 Å². The molecule has 168 valence electrons. The quantitative estimate of drug-likeness (QED) is 0.678. The summed E-state index contributed by atoms with van der Waals surface area (Å²) in [6.45, 7) is 7.85. The molecule has 2 bridgehead atoms. The number of hydrogen-bond acceptors (Lipinski definition) is 3. The van der Waals surface area contributed by atoms with Crippen LogP contribution in [-0.4, -0.2) is 26.3 Å². The van der Waals surface area contributed by atoms with Gasteiger partial charge in [0.15, 0.2) is 5.69 Å². The van der Waals surface area contributed by atoms with Crippen molar-refractivity contribution in [3.8, 4) is 0 Å². The molecule has 1 heterocycles. The Kier molecular flexibility index (Phi) is 4.98. The first-order chi connectivity index (χ1) is 15.2. The van der Waals surface area contributed by atoms with Gasteiger partial charge in [-0.05, 0) is 48.3 Å². The van der Waals surface area contributed by atoms with Crippen molar-refractivity contribution < 1.29 is 21.6 Å². The van der Waals surface area contributed by atoms with E-state index in [1.807, 2.05) is 30.3 Å². The first-order valence-electron chi connectivity index (χ1n) is 10.6. The number of halogens is 3. The number of alkyl halides is 3. The Balaban J connectivity index is 1.40. The minimum Gasteiger partial charge on any atom is -0.310 e. The van der Waals surface area contributed by atoms with Crippen molar-refractivity contribution in [2.45, 2.75) is 36.9 Å². The van der Waals surface area contributed by atoms with Gasteiger partial charge in [0.1, 0.15) is 0 Å². The lowest BCUT2D eigenvalue weighted by molar-refractivity contribution is -0.136. The second kappa shape index (κ2) is 7.49. The van der Waals surface area contributed by atoms with Crippen molar-refractivity contribution in [2.24, 2.45) is 17.8 Å². The number of anilines is 1. The molecule has 3 aliphatic rings. The highest BCUT2D eigenvalue weighted by Crippen LogP contribution is 2.56. The van der Waals surface area contributed by atoms with Crippen molar-refractivity contribution in [1.82, 2.24) is 5.32 Å². The summed E-state index contributed by atoms with van der Waals surface area (Å²) in [6, 6.07) is 13.2. The number of benzene rings is 2. The minimum atomic E-state index is -4.72. The zero-order valence-electron chi connectivity index (χ0n) is 17.1. The van der Waals surface area contributed by atoms with E-state index in [9.17, 15) is 21.6 Å². The molecule has 0 unspecified atom stereocenters. The SMILES string of the molecule is [C-]#[N+]c1ccc(N2C[C@@H]3[C@H]4C[C@@H]([C@@H]3S2(=O)=O)[C@@H](NCc2ccccc2)C4)cc1C(F)(F)F. The molecule has 0 amide bonds. The summed E-state index contributed by atoms with van der Waals surface area (Å²) in [6.07, 6.45) is -3.01. The number of sulfonamides is 1. The highest BCUT2D eigenvalue weighted by Gasteiger charge is 2.62. The summed E-state index contributed by atoms with van der Waals surface area (Å²) in [5.74, 6) is 0.116. The van der Waals surface area contributed by atoms with Crippen LogP contribution >= 0.6 is 0 Å². The van der Waals surface area contributed by atoms with Gasteiger partial charge in [-0.3, -0.25) is 4.31 Å². The lowest BCUT2D eigenvalue weighted by atomic mass is 9.85. The summed E-state index contributed by atoms with van der Waals surface area (Å²) in [5, 5.41) is 2.93. The lowest BCUT2D eigenvalue weighted by Gasteiger charge is -2.30. The number of nitrogens with one attached hydrogen (secondary N) is 1. The molecule has 5 rings (SSSR count). The van der Waals surface area contributed by atoms with Crippen LogP contribution in [0.3, 0.4) is 0 Å². The first-order valence-corrected chi connectivity index (χ1v) is 12.1. The second-order valence-corrected chi connectivity index (χ2v) is 10.9. The van der Waals surface area contributed by atoms with Crippen molar-refractivity contribution in [3.63, 3.8) is 0 Å². The Morgan fingerprint density at radius 1 is 1.09 bits per heavy atom. The molecule has 2 saturated carbocycles. The van der Waals surface area contributed by atoms with Crippen LogP contribution in [0.15, 0.2) is 48.5 Å². The van der Waals surface area contributed by atoms with Gasteiger partial charge < -0.3 is 5.32 Å². The summed E-state index contributed by atoms with van der Waals surface area (Å²) in [7, 11) is -3.80. The third kappa shape index (κ3) is 3.37. The first kappa shape index (κ1) is 21.3. The normalized spacial score (nSPS) is 30.3. The molecular formula is C23H22F3N3O2S. The fourth-order valence-electron chi connectivity index (χ4n) is 5.88. The molecule has 3 fully saturated rings. The Bertz CT molecular complexity index is 1180. The molecular weight excluding hydrogens is 439 g/mol. The number of rotatable bonds is 4. The van der Waals surface area contributed by atoms with Crippen molar-refractivity contribution in [1.29, 1.82) is 0 Å². The molecule has 1 saturated heterocycles. The molecule has 0 spiro atoms. The molecule has 1 N–H and O–H groups in total. The van der Waals surface area contributed by atoms with Gasteiger partial charge in [0.2, 0.25) is 10.0 Å². The third-order valence-electron chi connectivity index (χ3n) is 7.23. The predicted molar refractivity (Wildman–Crippen MR) is 115 cm³/mol. The molecule has 5 atom stereocenters. The summed E-state index contributed by atoms with van der Waals surface area (Å²) < 4.78 is 68.3. The second-order valence-electron chi connectivity index (χ2n) is 8.88. The van der Waals surface area contributed by atoms with Crippen LogP contribution in [0.4, 0.5) is 24.5 Å². The summed E-state index contributed by atoms with van der Waals surface area (Å²) >= 11 is 0. The van der Waals surface area contributed by atoms with Gasteiger partial charge in [-0.1, -0.05) is 36.4 Å². The molecule has 1 aliphatic heterocycles. The monoisotopic (exact) mass is 461 g/mol. The van der Waals surface area contributed by atoms with Gasteiger partial charge in [-0.15, -0.1) is 0 Å². The van der Waals surface area contributed by atoms with E-state index >= 15 is 0 Å². The lowest BCUT2D eigenvalue weighted by Crippen LogP contribution is -2.44. The van der Waals surface area contributed by atoms with Crippen LogP contribution < -0.4 is 9.62 Å². The Hall–Kier alpha value is -2.57. The standard InChI is InChI=1S/C23H22F3N3O2S/c1-27-20-8-7-16(11-19(20)23(24,25)26)29-13-18-15-9-17(22(18)32(29,30)31)21(10-15)28-12-14-5-3-2-4-6-14/h2-8,11,15,17-18,21-22,28H,9-10,12-13H2/t15-,17+,18+,21-,22-/m0/s1. The largest absolute Gasteiger partial charge is 0.407 e. The van der Waals surface area contributed by atoms with E-state index in [-0.39, 0.29) is 36.0 Å². The number of fused-ring (bicyclic) bond motifs is 5. The van der Waals surface area contributed by atoms with E-state index in [4.69, 9.17) is 6.57 Å². The topological polar surface area (TPSA) is 53.8 Å². The molecule has 2 aromatic rings. The van der Waals surface area contributed by atoms with Crippen LogP contribution in [0, 0.1) is 24.3 Å². The highest BCUT2D eigenvalue weighted by molar-refractivity contribution is 7.93. The van der Waals surface area contributed by atoms with Gasteiger partial charge in [0.05, 0.1) is 17.4 Å². The maximum atomic E-state index is 13.5. The molecule has 5 nitrogen and oxygen atoms in total. The fraction of sp³-hybridized carbons (Fsp3) is 0.435. The molecule has 2 aromatic carbocycles. The van der Waals surface area contributed by atoms with Crippen LogP contribution in [-0.2, 0) is 22.7 Å². The Morgan fingerprint density at radius 2 is 1.84 bits per heavy atom. The van der Waals surface area contributed by atoms with Gasteiger partial charge in [-0.2, -0.15) is 13.2 Å². The highest BCUT2D eigenvalue weighted by atomic mass is 32.2. The molecule has 2 aliphatic carbocycles. The predicted octanol–water partition coefficient (Wildman–Crippen LogP) is 4.59. The molecule has 0 radical (unpaired) electrons. The minimum absolute atomic E-state index is 0.00711. The van der Waals surface area contributed by atoms with E-state index in [0.29, 0.717) is 6.54 Å². The average molecular weight is 462 g/mol. The summed E-state index contributed by atoms with van der Waals surface area (Å²) in [4.78, 5) is 2.94. The molecule has 32 heavy (non-hydrogen) atoms. The van der Waals surface area contributed by atoms with Crippen LogP contribution in [0.1, 0.15) is 24.0 Å². The number of hydrogen-bond donors (Lipinski definition) is 1. The van der Waals surface area contributed by atoms with E-state index < -0.39 is 32.7 Å².